The number of Topliss-reactive ketones (excluding diaryl/α,β-unsaturated/α-hetero) is 1. The van der Waals surface area contributed by atoms with Crippen LogP contribution in [0.15, 0.2) is 12.1 Å². The third kappa shape index (κ3) is 3.37. The molecule has 0 radical (unpaired) electrons. The van der Waals surface area contributed by atoms with Crippen LogP contribution in [-0.2, 0) is 0 Å². The van der Waals surface area contributed by atoms with Crippen LogP contribution in [0.1, 0.15) is 60.0 Å². The number of carbonyl (C=O) groups excluding carboxylic acids is 1. The largest absolute Gasteiger partial charge is 0.496 e. The molecule has 1 aliphatic rings. The average molecular weight is 260 g/mol. The van der Waals surface area contributed by atoms with Gasteiger partial charge < -0.3 is 4.74 Å². The topological polar surface area (TPSA) is 26.3 Å². The molecule has 1 fully saturated rings. The second-order valence-corrected chi connectivity index (χ2v) is 5.77. The van der Waals surface area contributed by atoms with E-state index in [0.29, 0.717) is 18.1 Å². The summed E-state index contributed by atoms with van der Waals surface area (Å²) in [5.41, 5.74) is 2.95. The van der Waals surface area contributed by atoms with Crippen molar-refractivity contribution in [2.75, 3.05) is 7.11 Å². The molecule has 0 aliphatic heterocycles. The number of aryl methyl sites for hydroxylation is 2. The van der Waals surface area contributed by atoms with E-state index in [0.717, 1.165) is 22.4 Å². The number of ketones is 1. The van der Waals surface area contributed by atoms with Crippen LogP contribution in [0.4, 0.5) is 0 Å². The zero-order chi connectivity index (χ0) is 13.8. The minimum absolute atomic E-state index is 0.292. The van der Waals surface area contributed by atoms with Crippen LogP contribution in [0.25, 0.3) is 0 Å². The van der Waals surface area contributed by atoms with Gasteiger partial charge in [0, 0.05) is 12.0 Å². The van der Waals surface area contributed by atoms with Crippen molar-refractivity contribution in [1.82, 2.24) is 0 Å². The molecule has 0 aromatic heterocycles. The summed E-state index contributed by atoms with van der Waals surface area (Å²) in [5, 5.41) is 0. The van der Waals surface area contributed by atoms with Gasteiger partial charge in [0.1, 0.15) is 5.75 Å². The normalized spacial score (nSPS) is 16.4. The van der Waals surface area contributed by atoms with Crippen LogP contribution in [0.5, 0.6) is 5.75 Å². The van der Waals surface area contributed by atoms with Crippen molar-refractivity contribution in [3.05, 3.63) is 28.8 Å². The van der Waals surface area contributed by atoms with E-state index >= 15 is 0 Å². The fraction of sp³-hybridized carbons (Fsp3) is 0.588. The highest BCUT2D eigenvalue weighted by Crippen LogP contribution is 2.29. The number of hydrogen-bond acceptors (Lipinski definition) is 2. The highest BCUT2D eigenvalue weighted by Gasteiger charge is 2.19. The highest BCUT2D eigenvalue weighted by atomic mass is 16.5. The second-order valence-electron chi connectivity index (χ2n) is 5.77. The van der Waals surface area contributed by atoms with E-state index in [2.05, 4.69) is 0 Å². The molecule has 0 amide bonds. The van der Waals surface area contributed by atoms with Crippen LogP contribution in [0, 0.1) is 19.8 Å². The van der Waals surface area contributed by atoms with E-state index in [1.165, 1.54) is 32.1 Å². The Morgan fingerprint density at radius 2 is 1.74 bits per heavy atom. The predicted octanol–water partition coefficient (Wildman–Crippen LogP) is 4.47. The van der Waals surface area contributed by atoms with Gasteiger partial charge in [0.05, 0.1) is 7.11 Å². The molecule has 2 heteroatoms. The maximum Gasteiger partial charge on any atom is 0.163 e. The quantitative estimate of drug-likeness (QED) is 0.747. The van der Waals surface area contributed by atoms with Crippen LogP contribution in [-0.4, -0.2) is 12.9 Å². The molecular weight excluding hydrogens is 236 g/mol. The van der Waals surface area contributed by atoms with E-state index in [9.17, 15) is 4.79 Å². The number of rotatable bonds is 4. The van der Waals surface area contributed by atoms with Gasteiger partial charge in [0.15, 0.2) is 5.78 Å². The van der Waals surface area contributed by atoms with Crippen molar-refractivity contribution >= 4 is 5.78 Å². The lowest BCUT2D eigenvalue weighted by Gasteiger charge is -2.21. The Balaban J connectivity index is 2.10. The van der Waals surface area contributed by atoms with E-state index in [1.54, 1.807) is 7.11 Å². The standard InChI is InChI=1S/C17H24O2/c1-12-9-15(10-13(2)17(12)19-3)16(18)11-14-7-5-4-6-8-14/h9-10,14H,4-8,11H2,1-3H3. The van der Waals surface area contributed by atoms with Gasteiger partial charge in [-0.05, 0) is 43.0 Å². The third-order valence-corrected chi connectivity index (χ3v) is 4.19. The van der Waals surface area contributed by atoms with Gasteiger partial charge in [0.2, 0.25) is 0 Å². The number of ether oxygens (including phenoxy) is 1. The Morgan fingerprint density at radius 1 is 1.16 bits per heavy atom. The van der Waals surface area contributed by atoms with Crippen molar-refractivity contribution in [3.63, 3.8) is 0 Å². The summed E-state index contributed by atoms with van der Waals surface area (Å²) in [6.07, 6.45) is 7.08. The summed E-state index contributed by atoms with van der Waals surface area (Å²) >= 11 is 0. The monoisotopic (exact) mass is 260 g/mol. The number of methoxy groups -OCH3 is 1. The Bertz CT molecular complexity index is 433. The van der Waals surface area contributed by atoms with E-state index in [-0.39, 0.29) is 0 Å². The first kappa shape index (κ1) is 14.1. The molecule has 0 saturated heterocycles. The van der Waals surface area contributed by atoms with Gasteiger partial charge in [-0.15, -0.1) is 0 Å². The van der Waals surface area contributed by atoms with Crippen molar-refractivity contribution in [2.45, 2.75) is 52.4 Å². The first-order valence-electron chi connectivity index (χ1n) is 7.30. The van der Waals surface area contributed by atoms with Gasteiger partial charge >= 0.3 is 0 Å². The van der Waals surface area contributed by atoms with Crippen molar-refractivity contribution in [3.8, 4) is 5.75 Å². The molecule has 2 nitrogen and oxygen atoms in total. The number of benzene rings is 1. The predicted molar refractivity (Wildman–Crippen MR) is 78.0 cm³/mol. The van der Waals surface area contributed by atoms with Crippen LogP contribution in [0.2, 0.25) is 0 Å². The molecule has 0 unspecified atom stereocenters. The molecule has 1 saturated carbocycles. The Hall–Kier alpha value is -1.31. The fourth-order valence-corrected chi connectivity index (χ4v) is 3.20. The average Bonchev–Trinajstić information content (AvgIpc) is 2.39. The Kier molecular flexibility index (Phi) is 4.62. The smallest absolute Gasteiger partial charge is 0.163 e. The van der Waals surface area contributed by atoms with Crippen molar-refractivity contribution in [1.29, 1.82) is 0 Å². The molecule has 1 aliphatic carbocycles. The van der Waals surface area contributed by atoms with Gasteiger partial charge in [-0.3, -0.25) is 4.79 Å². The van der Waals surface area contributed by atoms with Crippen LogP contribution < -0.4 is 4.74 Å². The Labute approximate surface area is 116 Å². The summed E-state index contributed by atoms with van der Waals surface area (Å²) in [7, 11) is 1.68. The van der Waals surface area contributed by atoms with Gasteiger partial charge in [0.25, 0.3) is 0 Å². The lowest BCUT2D eigenvalue weighted by atomic mass is 9.84. The Morgan fingerprint density at radius 3 is 2.26 bits per heavy atom. The third-order valence-electron chi connectivity index (χ3n) is 4.19. The molecule has 2 rings (SSSR count). The molecular formula is C17H24O2. The minimum atomic E-state index is 0.292. The van der Waals surface area contributed by atoms with Gasteiger partial charge in [-0.25, -0.2) is 0 Å². The SMILES string of the molecule is COc1c(C)cc(C(=O)CC2CCCCC2)cc1C. The van der Waals surface area contributed by atoms with Gasteiger partial charge in [-0.1, -0.05) is 32.1 Å². The summed E-state index contributed by atoms with van der Waals surface area (Å²) in [6.45, 7) is 4.01. The summed E-state index contributed by atoms with van der Waals surface area (Å²) in [6, 6.07) is 3.94. The van der Waals surface area contributed by atoms with E-state index < -0.39 is 0 Å². The van der Waals surface area contributed by atoms with Crippen molar-refractivity contribution in [2.24, 2.45) is 5.92 Å². The summed E-state index contributed by atoms with van der Waals surface area (Å²) in [4.78, 5) is 12.4. The molecule has 19 heavy (non-hydrogen) atoms. The second kappa shape index (κ2) is 6.23. The molecule has 0 N–H and O–H groups in total. The lowest BCUT2D eigenvalue weighted by Crippen LogP contribution is -2.12. The fourth-order valence-electron chi connectivity index (χ4n) is 3.20. The molecule has 1 aromatic rings. The molecule has 104 valence electrons. The molecule has 1 aromatic carbocycles. The lowest BCUT2D eigenvalue weighted by molar-refractivity contribution is 0.0950. The maximum absolute atomic E-state index is 12.4. The molecule has 0 spiro atoms. The molecule has 0 atom stereocenters. The number of hydrogen-bond donors (Lipinski definition) is 0. The van der Waals surface area contributed by atoms with Gasteiger partial charge in [-0.2, -0.15) is 0 Å². The summed E-state index contributed by atoms with van der Waals surface area (Å²) in [5.74, 6) is 1.79. The number of carbonyl (C=O) groups is 1. The van der Waals surface area contributed by atoms with Crippen LogP contribution in [0.3, 0.4) is 0 Å². The molecule has 0 bridgehead atoms. The maximum atomic E-state index is 12.4. The minimum Gasteiger partial charge on any atom is -0.496 e. The van der Waals surface area contributed by atoms with Crippen LogP contribution >= 0.6 is 0 Å². The summed E-state index contributed by atoms with van der Waals surface area (Å²) < 4.78 is 5.35. The first-order chi connectivity index (χ1) is 9.11. The molecule has 0 heterocycles. The highest BCUT2D eigenvalue weighted by molar-refractivity contribution is 5.96. The first-order valence-corrected chi connectivity index (χ1v) is 7.30. The van der Waals surface area contributed by atoms with E-state index in [4.69, 9.17) is 4.74 Å². The zero-order valence-electron chi connectivity index (χ0n) is 12.3. The zero-order valence-corrected chi connectivity index (χ0v) is 12.3. The van der Waals surface area contributed by atoms with Crippen molar-refractivity contribution < 1.29 is 9.53 Å². The van der Waals surface area contributed by atoms with E-state index in [1.807, 2.05) is 26.0 Å².